The summed E-state index contributed by atoms with van der Waals surface area (Å²) < 4.78 is 0. The van der Waals surface area contributed by atoms with Gasteiger partial charge in [-0.25, -0.2) is 19.9 Å². The number of hydrogen-bond donors (Lipinski definition) is 1. The molecule has 3 rings (SSSR count). The van der Waals surface area contributed by atoms with Gasteiger partial charge in [-0.1, -0.05) is 29.3 Å². The predicted molar refractivity (Wildman–Crippen MR) is 82.8 cm³/mol. The number of para-hydroxylation sites is 1. The smallest absolute Gasteiger partial charge is 0.158 e. The molecule has 0 radical (unpaired) electrons. The maximum Gasteiger partial charge on any atom is 0.158 e. The first-order valence-corrected chi connectivity index (χ1v) is 6.80. The topological polar surface area (TPSA) is 63.6 Å². The van der Waals surface area contributed by atoms with Gasteiger partial charge in [0, 0.05) is 18.6 Å². The lowest BCUT2D eigenvalue weighted by Crippen LogP contribution is -2.00. The van der Waals surface area contributed by atoms with Crippen LogP contribution in [0.1, 0.15) is 0 Å². The molecule has 104 valence electrons. The van der Waals surface area contributed by atoms with Gasteiger partial charge in [0.1, 0.15) is 12.0 Å². The lowest BCUT2D eigenvalue weighted by Gasteiger charge is -2.12. The highest BCUT2D eigenvalue weighted by atomic mass is 35.5. The van der Waals surface area contributed by atoms with Crippen molar-refractivity contribution in [2.45, 2.75) is 0 Å². The molecule has 2 heterocycles. The quantitative estimate of drug-likeness (QED) is 0.791. The highest BCUT2D eigenvalue weighted by Gasteiger charge is 2.12. The molecule has 0 aliphatic heterocycles. The Morgan fingerprint density at radius 2 is 1.62 bits per heavy atom. The molecule has 0 spiro atoms. The summed E-state index contributed by atoms with van der Waals surface area (Å²) >= 11 is 12.3. The summed E-state index contributed by atoms with van der Waals surface area (Å²) in [6.07, 6.45) is 6.27. The van der Waals surface area contributed by atoms with E-state index in [1.165, 1.54) is 6.33 Å². The molecule has 0 fully saturated rings. The number of benzene rings is 1. The first kappa shape index (κ1) is 13.7. The Labute approximate surface area is 131 Å². The fraction of sp³-hybridized carbons (Fsp3) is 0. The van der Waals surface area contributed by atoms with Crippen LogP contribution in [0.5, 0.6) is 0 Å². The van der Waals surface area contributed by atoms with Gasteiger partial charge in [0.05, 0.1) is 21.4 Å². The maximum absolute atomic E-state index is 6.16. The Morgan fingerprint density at radius 1 is 0.857 bits per heavy atom. The highest BCUT2D eigenvalue weighted by molar-refractivity contribution is 6.39. The molecule has 5 nitrogen and oxygen atoms in total. The number of halogens is 2. The van der Waals surface area contributed by atoms with E-state index >= 15 is 0 Å². The lowest BCUT2D eigenvalue weighted by atomic mass is 10.2. The summed E-state index contributed by atoms with van der Waals surface area (Å²) in [6, 6.07) is 7.02. The number of anilines is 2. The van der Waals surface area contributed by atoms with E-state index in [0.717, 1.165) is 0 Å². The summed E-state index contributed by atoms with van der Waals surface area (Å²) in [5, 5.41) is 4.11. The molecule has 7 heteroatoms. The average Bonchev–Trinajstić information content (AvgIpc) is 2.52. The Bertz CT molecular complexity index is 744. The minimum absolute atomic E-state index is 0.502. The van der Waals surface area contributed by atoms with Gasteiger partial charge in [0.25, 0.3) is 0 Å². The highest BCUT2D eigenvalue weighted by Crippen LogP contribution is 2.34. The van der Waals surface area contributed by atoms with E-state index in [1.54, 1.807) is 42.9 Å². The van der Waals surface area contributed by atoms with Gasteiger partial charge in [-0.3, -0.25) is 0 Å². The zero-order chi connectivity index (χ0) is 14.7. The molecule has 0 atom stereocenters. The molecule has 0 unspecified atom stereocenters. The summed E-state index contributed by atoms with van der Waals surface area (Å²) in [6.45, 7) is 0. The number of rotatable bonds is 3. The molecule has 0 amide bonds. The van der Waals surface area contributed by atoms with E-state index in [-0.39, 0.29) is 0 Å². The normalized spacial score (nSPS) is 10.4. The maximum atomic E-state index is 6.16. The largest absolute Gasteiger partial charge is 0.336 e. The van der Waals surface area contributed by atoms with Gasteiger partial charge < -0.3 is 5.32 Å². The van der Waals surface area contributed by atoms with E-state index in [4.69, 9.17) is 23.2 Å². The molecule has 0 saturated heterocycles. The second kappa shape index (κ2) is 6.03. The molecule has 2 aromatic heterocycles. The molecular formula is C14H9Cl2N5. The second-order valence-electron chi connectivity index (χ2n) is 4.07. The second-order valence-corrected chi connectivity index (χ2v) is 4.88. The Balaban J connectivity index is 2.05. The molecule has 0 bridgehead atoms. The molecule has 21 heavy (non-hydrogen) atoms. The third-order valence-electron chi connectivity index (χ3n) is 2.73. The van der Waals surface area contributed by atoms with Gasteiger partial charge in [-0.15, -0.1) is 0 Å². The van der Waals surface area contributed by atoms with Crippen molar-refractivity contribution in [3.63, 3.8) is 0 Å². The van der Waals surface area contributed by atoms with Crippen LogP contribution in [0.3, 0.4) is 0 Å². The van der Waals surface area contributed by atoms with Gasteiger partial charge >= 0.3 is 0 Å². The predicted octanol–water partition coefficient (Wildman–Crippen LogP) is 3.98. The van der Waals surface area contributed by atoms with Crippen LogP contribution in [0.4, 0.5) is 11.5 Å². The standard InChI is InChI=1S/C14H9Cl2N5/c15-9-2-1-3-10(16)12(9)21-14-13(18-6-7-19-14)11-4-5-17-8-20-11/h1-8H,(H,19,21). The van der Waals surface area contributed by atoms with Crippen LogP contribution in [-0.2, 0) is 0 Å². The van der Waals surface area contributed by atoms with Crippen molar-refractivity contribution in [1.82, 2.24) is 19.9 Å². The summed E-state index contributed by atoms with van der Waals surface area (Å²) in [5.74, 6) is 0.520. The van der Waals surface area contributed by atoms with Crippen LogP contribution < -0.4 is 5.32 Å². The van der Waals surface area contributed by atoms with E-state index in [1.807, 2.05) is 0 Å². The molecule has 1 N–H and O–H groups in total. The third kappa shape index (κ3) is 2.94. The van der Waals surface area contributed by atoms with Crippen LogP contribution in [0.15, 0.2) is 49.2 Å². The third-order valence-corrected chi connectivity index (χ3v) is 3.36. The summed E-state index contributed by atoms with van der Waals surface area (Å²) in [4.78, 5) is 16.7. The van der Waals surface area contributed by atoms with Crippen LogP contribution in [0.2, 0.25) is 10.0 Å². The van der Waals surface area contributed by atoms with Gasteiger partial charge in [0.2, 0.25) is 0 Å². The molecule has 0 aliphatic rings. The van der Waals surface area contributed by atoms with Crippen LogP contribution in [0.25, 0.3) is 11.4 Å². The molecule has 0 aliphatic carbocycles. The molecule has 0 saturated carbocycles. The fourth-order valence-electron chi connectivity index (χ4n) is 1.78. The SMILES string of the molecule is Clc1cccc(Cl)c1Nc1nccnc1-c1ccncn1. The summed E-state index contributed by atoms with van der Waals surface area (Å²) in [7, 11) is 0. The van der Waals surface area contributed by atoms with Crippen molar-refractivity contribution in [3.8, 4) is 11.4 Å². The monoisotopic (exact) mass is 317 g/mol. The van der Waals surface area contributed by atoms with E-state index in [2.05, 4.69) is 25.3 Å². The Hall–Kier alpha value is -2.24. The van der Waals surface area contributed by atoms with Crippen molar-refractivity contribution < 1.29 is 0 Å². The van der Waals surface area contributed by atoms with Crippen LogP contribution in [-0.4, -0.2) is 19.9 Å². The number of nitrogens with one attached hydrogen (secondary N) is 1. The zero-order valence-electron chi connectivity index (χ0n) is 10.7. The van der Waals surface area contributed by atoms with Crippen molar-refractivity contribution >= 4 is 34.7 Å². The van der Waals surface area contributed by atoms with Crippen LogP contribution in [0, 0.1) is 0 Å². The summed E-state index contributed by atoms with van der Waals surface area (Å²) in [5.41, 5.74) is 1.83. The fourth-order valence-corrected chi connectivity index (χ4v) is 2.28. The lowest BCUT2D eigenvalue weighted by molar-refractivity contribution is 1.13. The molecule has 1 aromatic carbocycles. The number of nitrogens with zero attached hydrogens (tertiary/aromatic N) is 4. The van der Waals surface area contributed by atoms with Crippen molar-refractivity contribution in [2.75, 3.05) is 5.32 Å². The van der Waals surface area contributed by atoms with E-state index in [9.17, 15) is 0 Å². The first-order chi connectivity index (χ1) is 10.3. The van der Waals surface area contributed by atoms with Gasteiger partial charge in [-0.2, -0.15) is 0 Å². The average molecular weight is 318 g/mol. The van der Waals surface area contributed by atoms with E-state index in [0.29, 0.717) is 32.9 Å². The molecular weight excluding hydrogens is 309 g/mol. The van der Waals surface area contributed by atoms with Crippen LogP contribution >= 0.6 is 23.2 Å². The van der Waals surface area contributed by atoms with Gasteiger partial charge in [0.15, 0.2) is 5.82 Å². The van der Waals surface area contributed by atoms with Crippen molar-refractivity contribution in [3.05, 3.63) is 59.2 Å². The Morgan fingerprint density at radius 3 is 2.33 bits per heavy atom. The van der Waals surface area contributed by atoms with Gasteiger partial charge in [-0.05, 0) is 18.2 Å². The van der Waals surface area contributed by atoms with Crippen molar-refractivity contribution in [2.24, 2.45) is 0 Å². The van der Waals surface area contributed by atoms with Crippen molar-refractivity contribution in [1.29, 1.82) is 0 Å². The minimum Gasteiger partial charge on any atom is -0.336 e. The number of aromatic nitrogens is 4. The zero-order valence-corrected chi connectivity index (χ0v) is 12.2. The van der Waals surface area contributed by atoms with E-state index < -0.39 is 0 Å². The number of hydrogen-bond acceptors (Lipinski definition) is 5. The molecule has 3 aromatic rings. The minimum atomic E-state index is 0.502. The Kier molecular flexibility index (Phi) is 3.94. The first-order valence-electron chi connectivity index (χ1n) is 6.04.